The van der Waals surface area contributed by atoms with Crippen LogP contribution in [0.5, 0.6) is 0 Å². The molecule has 0 aromatic heterocycles. The molecule has 2 aliphatic carbocycles. The lowest BCUT2D eigenvalue weighted by atomic mass is 9.67. The average Bonchev–Trinajstić information content (AvgIpc) is 2.83. The Morgan fingerprint density at radius 1 is 1.06 bits per heavy atom. The number of fused-ring (bicyclic) bond motifs is 1. The molecule has 0 aliphatic heterocycles. The number of carbonyl (C=O) groups is 2. The van der Waals surface area contributed by atoms with E-state index in [0.29, 0.717) is 24.2 Å². The summed E-state index contributed by atoms with van der Waals surface area (Å²) in [6.07, 6.45) is 13.1. The van der Waals surface area contributed by atoms with Crippen LogP contribution in [0.3, 0.4) is 0 Å². The number of unbranched alkanes of at least 4 members (excludes halogenated alkanes) is 1. The Labute approximate surface area is 218 Å². The number of ketones is 1. The number of Topliss-reactive ketones (excluding diaryl/α,β-unsaturated/α-hetero) is 1. The zero-order valence-electron chi connectivity index (χ0n) is 23.2. The summed E-state index contributed by atoms with van der Waals surface area (Å²) in [5.74, 6) is 0.676. The van der Waals surface area contributed by atoms with Crippen molar-refractivity contribution in [2.45, 2.75) is 124 Å². The molecule has 0 amide bonds. The first-order valence-corrected chi connectivity index (χ1v) is 14.2. The number of aliphatic carboxylic acids is 1. The molecular weight excluding hydrogens is 456 g/mol. The number of rotatable bonds is 14. The summed E-state index contributed by atoms with van der Waals surface area (Å²) in [5.41, 5.74) is 1.24. The molecule has 8 atom stereocenters. The lowest BCUT2D eigenvalue weighted by Crippen LogP contribution is -2.31. The summed E-state index contributed by atoms with van der Waals surface area (Å²) < 4.78 is 0. The number of aliphatic hydroxyl groups is 3. The maximum absolute atomic E-state index is 12.4. The molecule has 0 saturated heterocycles. The lowest BCUT2D eigenvalue weighted by Gasteiger charge is -2.38. The lowest BCUT2D eigenvalue weighted by molar-refractivity contribution is -0.141. The molecule has 0 fully saturated rings. The highest BCUT2D eigenvalue weighted by atomic mass is 16.4. The van der Waals surface area contributed by atoms with Crippen molar-refractivity contribution in [3.63, 3.8) is 0 Å². The SMILES string of the molecule is CCC(C)C(=O)O.CCCCC(CC)C(=O)CC(O)CC(O)CCC1C(C)C=CC2=CC(O)CCC21. The second-order valence-corrected chi connectivity index (χ2v) is 11.0. The quantitative estimate of drug-likeness (QED) is 0.240. The zero-order chi connectivity index (χ0) is 27.3. The third-order valence-corrected chi connectivity index (χ3v) is 8.07. The van der Waals surface area contributed by atoms with Crippen LogP contribution in [0.2, 0.25) is 0 Å². The van der Waals surface area contributed by atoms with Crippen molar-refractivity contribution >= 4 is 11.8 Å². The number of carboxylic acids is 1. The summed E-state index contributed by atoms with van der Waals surface area (Å²) in [6, 6.07) is 0. The summed E-state index contributed by atoms with van der Waals surface area (Å²) in [6.45, 7) is 9.94. The highest BCUT2D eigenvalue weighted by molar-refractivity contribution is 5.81. The van der Waals surface area contributed by atoms with Crippen LogP contribution in [0.15, 0.2) is 23.8 Å². The van der Waals surface area contributed by atoms with Gasteiger partial charge in [-0.1, -0.05) is 65.7 Å². The van der Waals surface area contributed by atoms with Crippen LogP contribution in [-0.2, 0) is 9.59 Å². The Balaban J connectivity index is 0.000000809. The van der Waals surface area contributed by atoms with Gasteiger partial charge in [-0.25, -0.2) is 0 Å². The Morgan fingerprint density at radius 2 is 1.75 bits per heavy atom. The highest BCUT2D eigenvalue weighted by Gasteiger charge is 2.33. The summed E-state index contributed by atoms with van der Waals surface area (Å²) in [5, 5.41) is 38.9. The van der Waals surface area contributed by atoms with E-state index in [1.165, 1.54) is 5.57 Å². The first kappa shape index (κ1) is 32.5. The summed E-state index contributed by atoms with van der Waals surface area (Å²) in [7, 11) is 0. The standard InChI is InChI=1S/C25H42O4.C5H10O2/c1-4-6-7-18(5-2)25(29)16-22(28)15-21(27)10-12-23-17(3)8-9-19-14-20(26)11-13-24(19)23;1-3-4(2)5(6)7/h8-9,14,17-18,20-24,26-28H,4-7,10-13,15-16H2,1-3H3;4H,3H2,1-2H3,(H,6,7). The molecule has 2 aliphatic rings. The predicted octanol–water partition coefficient (Wildman–Crippen LogP) is 5.69. The molecule has 0 heterocycles. The van der Waals surface area contributed by atoms with E-state index < -0.39 is 18.2 Å². The van der Waals surface area contributed by atoms with Gasteiger partial charge in [0.2, 0.25) is 0 Å². The molecule has 208 valence electrons. The Kier molecular flexibility index (Phi) is 15.4. The molecule has 36 heavy (non-hydrogen) atoms. The number of hydrogen-bond donors (Lipinski definition) is 4. The van der Waals surface area contributed by atoms with Crippen molar-refractivity contribution < 1.29 is 30.0 Å². The second kappa shape index (κ2) is 17.1. The Bertz CT molecular complexity index is 714. The van der Waals surface area contributed by atoms with Gasteiger partial charge < -0.3 is 20.4 Å². The second-order valence-electron chi connectivity index (χ2n) is 11.0. The van der Waals surface area contributed by atoms with Gasteiger partial charge >= 0.3 is 5.97 Å². The van der Waals surface area contributed by atoms with Crippen molar-refractivity contribution in [2.24, 2.45) is 29.6 Å². The molecule has 0 saturated carbocycles. The zero-order valence-corrected chi connectivity index (χ0v) is 23.2. The predicted molar refractivity (Wildman–Crippen MR) is 144 cm³/mol. The van der Waals surface area contributed by atoms with Crippen LogP contribution in [-0.4, -0.2) is 50.5 Å². The molecule has 0 aromatic carbocycles. The minimum absolute atomic E-state index is 0.0449. The van der Waals surface area contributed by atoms with E-state index in [0.717, 1.165) is 51.4 Å². The topological polar surface area (TPSA) is 115 Å². The molecular formula is C30H52O6. The van der Waals surface area contributed by atoms with Gasteiger partial charge in [-0.15, -0.1) is 0 Å². The van der Waals surface area contributed by atoms with Gasteiger partial charge in [-0.2, -0.15) is 0 Å². The minimum atomic E-state index is -0.753. The fourth-order valence-electron chi connectivity index (χ4n) is 5.34. The first-order chi connectivity index (χ1) is 17.0. The Morgan fingerprint density at radius 3 is 2.31 bits per heavy atom. The van der Waals surface area contributed by atoms with E-state index >= 15 is 0 Å². The number of allylic oxidation sites excluding steroid dienone is 3. The van der Waals surface area contributed by atoms with Gasteiger partial charge in [0.05, 0.1) is 24.2 Å². The molecule has 4 N–H and O–H groups in total. The van der Waals surface area contributed by atoms with Gasteiger partial charge in [0.25, 0.3) is 0 Å². The molecule has 0 aromatic rings. The van der Waals surface area contributed by atoms with E-state index in [1.54, 1.807) is 6.92 Å². The van der Waals surface area contributed by atoms with Crippen LogP contribution >= 0.6 is 0 Å². The van der Waals surface area contributed by atoms with Crippen LogP contribution in [0.25, 0.3) is 0 Å². The van der Waals surface area contributed by atoms with Crippen molar-refractivity contribution in [3.05, 3.63) is 23.8 Å². The number of carbonyl (C=O) groups excluding carboxylic acids is 1. The highest BCUT2D eigenvalue weighted by Crippen LogP contribution is 2.42. The summed E-state index contributed by atoms with van der Waals surface area (Å²) in [4.78, 5) is 22.4. The normalized spacial score (nSPS) is 26.5. The van der Waals surface area contributed by atoms with E-state index in [9.17, 15) is 24.9 Å². The van der Waals surface area contributed by atoms with E-state index in [2.05, 4.69) is 26.0 Å². The average molecular weight is 509 g/mol. The molecule has 0 radical (unpaired) electrons. The maximum atomic E-state index is 12.4. The molecule has 6 nitrogen and oxygen atoms in total. The van der Waals surface area contributed by atoms with Crippen LogP contribution < -0.4 is 0 Å². The van der Waals surface area contributed by atoms with Gasteiger partial charge in [0.1, 0.15) is 5.78 Å². The van der Waals surface area contributed by atoms with E-state index in [4.69, 9.17) is 5.11 Å². The van der Waals surface area contributed by atoms with Gasteiger partial charge in [0.15, 0.2) is 0 Å². The molecule has 0 spiro atoms. The third-order valence-electron chi connectivity index (χ3n) is 8.07. The van der Waals surface area contributed by atoms with Gasteiger partial charge in [0, 0.05) is 12.3 Å². The van der Waals surface area contributed by atoms with Crippen molar-refractivity contribution in [2.75, 3.05) is 0 Å². The van der Waals surface area contributed by atoms with Crippen molar-refractivity contribution in [1.82, 2.24) is 0 Å². The van der Waals surface area contributed by atoms with Crippen molar-refractivity contribution in [3.8, 4) is 0 Å². The molecule has 0 bridgehead atoms. The van der Waals surface area contributed by atoms with Crippen LogP contribution in [0, 0.1) is 29.6 Å². The fraction of sp³-hybridized carbons (Fsp3) is 0.800. The smallest absolute Gasteiger partial charge is 0.306 e. The van der Waals surface area contributed by atoms with Gasteiger partial charge in [-0.05, 0) is 74.7 Å². The molecule has 2 rings (SSSR count). The number of carboxylic acid groups (broad SMARTS) is 1. The largest absolute Gasteiger partial charge is 0.481 e. The molecule has 8 unspecified atom stereocenters. The minimum Gasteiger partial charge on any atom is -0.481 e. The fourth-order valence-corrected chi connectivity index (χ4v) is 5.34. The monoisotopic (exact) mass is 508 g/mol. The van der Waals surface area contributed by atoms with E-state index in [1.807, 2.05) is 19.9 Å². The van der Waals surface area contributed by atoms with Crippen LogP contribution in [0.4, 0.5) is 0 Å². The Hall–Kier alpha value is -1.50. The molecule has 6 heteroatoms. The van der Waals surface area contributed by atoms with Crippen LogP contribution in [0.1, 0.15) is 105 Å². The number of aliphatic hydroxyl groups excluding tert-OH is 3. The maximum Gasteiger partial charge on any atom is 0.306 e. The summed E-state index contributed by atoms with van der Waals surface area (Å²) >= 11 is 0. The van der Waals surface area contributed by atoms with E-state index in [-0.39, 0.29) is 36.6 Å². The first-order valence-electron chi connectivity index (χ1n) is 14.2. The van der Waals surface area contributed by atoms with Gasteiger partial charge in [-0.3, -0.25) is 9.59 Å². The van der Waals surface area contributed by atoms with Crippen molar-refractivity contribution in [1.29, 1.82) is 0 Å². The third kappa shape index (κ3) is 11.3. The number of hydrogen-bond acceptors (Lipinski definition) is 5.